The lowest BCUT2D eigenvalue weighted by atomic mass is 10.1. The van der Waals surface area contributed by atoms with E-state index in [1.54, 1.807) is 6.92 Å². The summed E-state index contributed by atoms with van der Waals surface area (Å²) in [7, 11) is 0. The third-order valence-corrected chi connectivity index (χ3v) is 3.31. The zero-order valence-electron chi connectivity index (χ0n) is 11.8. The van der Waals surface area contributed by atoms with Crippen molar-refractivity contribution in [3.63, 3.8) is 0 Å². The smallest absolute Gasteiger partial charge is 0.200 e. The second kappa shape index (κ2) is 6.87. The Morgan fingerprint density at radius 3 is 1.86 bits per heavy atom. The molecule has 0 saturated carbocycles. The molecule has 0 aliphatic carbocycles. The van der Waals surface area contributed by atoms with Crippen LogP contribution in [0.4, 0.5) is 22.0 Å². The number of rotatable bonds is 5. The van der Waals surface area contributed by atoms with Crippen molar-refractivity contribution in [2.24, 2.45) is 0 Å². The van der Waals surface area contributed by atoms with E-state index in [0.29, 0.717) is 6.42 Å². The molecule has 1 N–H and O–H groups in total. The molecule has 1 atom stereocenters. The van der Waals surface area contributed by atoms with E-state index < -0.39 is 41.2 Å². The van der Waals surface area contributed by atoms with Crippen molar-refractivity contribution < 1.29 is 22.0 Å². The van der Waals surface area contributed by atoms with Crippen LogP contribution in [0.25, 0.3) is 0 Å². The molecule has 0 aromatic heterocycles. The summed E-state index contributed by atoms with van der Waals surface area (Å²) >= 11 is 0. The van der Waals surface area contributed by atoms with E-state index in [0.717, 1.165) is 5.56 Å². The molecule has 1 unspecified atom stereocenters. The molecular weight excluding hydrogens is 301 g/mol. The average molecular weight is 315 g/mol. The molecule has 0 saturated heterocycles. The monoisotopic (exact) mass is 315 g/mol. The van der Waals surface area contributed by atoms with Crippen LogP contribution in [0.3, 0.4) is 0 Å². The summed E-state index contributed by atoms with van der Waals surface area (Å²) in [4.78, 5) is 0. The molecule has 2 rings (SSSR count). The fraction of sp³-hybridized carbons (Fsp3) is 0.250. The first kappa shape index (κ1) is 16.4. The molecular formula is C16H14F5N. The van der Waals surface area contributed by atoms with Gasteiger partial charge in [-0.1, -0.05) is 30.3 Å². The number of hydrogen-bond acceptors (Lipinski definition) is 1. The van der Waals surface area contributed by atoms with Crippen LogP contribution in [0.5, 0.6) is 0 Å². The van der Waals surface area contributed by atoms with E-state index in [-0.39, 0.29) is 6.04 Å². The maximum atomic E-state index is 13.5. The SMILES string of the molecule is CC(Cc1ccccc1)NCc1c(F)c(F)c(F)c(F)c1F. The molecule has 22 heavy (non-hydrogen) atoms. The summed E-state index contributed by atoms with van der Waals surface area (Å²) in [6.45, 7) is 1.32. The maximum Gasteiger partial charge on any atom is 0.200 e. The van der Waals surface area contributed by atoms with Gasteiger partial charge in [0.25, 0.3) is 0 Å². The van der Waals surface area contributed by atoms with Gasteiger partial charge in [0.2, 0.25) is 5.82 Å². The Bertz CT molecular complexity index is 628. The highest BCUT2D eigenvalue weighted by molar-refractivity contribution is 5.24. The minimum atomic E-state index is -2.14. The molecule has 0 amide bonds. The fourth-order valence-corrected chi connectivity index (χ4v) is 2.12. The van der Waals surface area contributed by atoms with Crippen molar-refractivity contribution in [1.29, 1.82) is 0 Å². The van der Waals surface area contributed by atoms with Gasteiger partial charge >= 0.3 is 0 Å². The van der Waals surface area contributed by atoms with E-state index in [1.807, 2.05) is 30.3 Å². The van der Waals surface area contributed by atoms with Crippen LogP contribution >= 0.6 is 0 Å². The molecule has 0 aliphatic heterocycles. The van der Waals surface area contributed by atoms with Gasteiger partial charge < -0.3 is 5.32 Å². The minimum absolute atomic E-state index is 0.197. The summed E-state index contributed by atoms with van der Waals surface area (Å²) in [5.74, 6) is -9.58. The predicted molar refractivity (Wildman–Crippen MR) is 72.7 cm³/mol. The largest absolute Gasteiger partial charge is 0.310 e. The predicted octanol–water partition coefficient (Wildman–Crippen LogP) is 4.10. The summed E-state index contributed by atoms with van der Waals surface area (Å²) in [6.07, 6.45) is 0.566. The highest BCUT2D eigenvalue weighted by atomic mass is 19.2. The molecule has 0 fully saturated rings. The Hall–Kier alpha value is -1.95. The Kier molecular flexibility index (Phi) is 5.13. The van der Waals surface area contributed by atoms with E-state index >= 15 is 0 Å². The summed E-state index contributed by atoms with van der Waals surface area (Å²) in [6, 6.07) is 9.14. The molecule has 118 valence electrons. The minimum Gasteiger partial charge on any atom is -0.310 e. The lowest BCUT2D eigenvalue weighted by molar-refractivity contribution is 0.365. The van der Waals surface area contributed by atoms with Gasteiger partial charge in [-0.05, 0) is 18.9 Å². The highest BCUT2D eigenvalue weighted by Crippen LogP contribution is 2.23. The molecule has 2 aromatic rings. The van der Waals surface area contributed by atoms with Crippen LogP contribution in [0, 0.1) is 29.1 Å². The Morgan fingerprint density at radius 2 is 1.32 bits per heavy atom. The van der Waals surface area contributed by atoms with Crippen molar-refractivity contribution in [3.8, 4) is 0 Å². The van der Waals surface area contributed by atoms with E-state index in [1.165, 1.54) is 0 Å². The number of halogens is 5. The molecule has 2 aromatic carbocycles. The van der Waals surface area contributed by atoms with Crippen LogP contribution in [0.15, 0.2) is 30.3 Å². The van der Waals surface area contributed by atoms with Gasteiger partial charge in [0.1, 0.15) is 0 Å². The molecule has 0 aliphatic rings. The Morgan fingerprint density at radius 1 is 0.818 bits per heavy atom. The Labute approximate surface area is 124 Å². The normalized spacial score (nSPS) is 12.5. The van der Waals surface area contributed by atoms with Gasteiger partial charge in [0.05, 0.1) is 0 Å². The van der Waals surface area contributed by atoms with Gasteiger partial charge in [-0.2, -0.15) is 0 Å². The average Bonchev–Trinajstić information content (AvgIpc) is 2.52. The van der Waals surface area contributed by atoms with Crippen LogP contribution < -0.4 is 5.32 Å². The third-order valence-electron chi connectivity index (χ3n) is 3.31. The van der Waals surface area contributed by atoms with Crippen LogP contribution in [0.1, 0.15) is 18.1 Å². The molecule has 0 bridgehead atoms. The summed E-state index contributed by atoms with van der Waals surface area (Å²) in [5, 5.41) is 2.77. The lowest BCUT2D eigenvalue weighted by Crippen LogP contribution is -2.29. The van der Waals surface area contributed by atoms with Gasteiger partial charge in [0, 0.05) is 18.2 Å². The zero-order chi connectivity index (χ0) is 16.3. The molecule has 0 heterocycles. The molecule has 1 nitrogen and oxygen atoms in total. The van der Waals surface area contributed by atoms with Crippen LogP contribution in [-0.4, -0.2) is 6.04 Å². The fourth-order valence-electron chi connectivity index (χ4n) is 2.12. The number of hydrogen-bond donors (Lipinski definition) is 1. The van der Waals surface area contributed by atoms with E-state index in [2.05, 4.69) is 5.32 Å². The molecule has 6 heteroatoms. The van der Waals surface area contributed by atoms with Gasteiger partial charge in [0.15, 0.2) is 23.3 Å². The van der Waals surface area contributed by atoms with Gasteiger partial charge in [-0.15, -0.1) is 0 Å². The second-order valence-corrected chi connectivity index (χ2v) is 5.02. The van der Waals surface area contributed by atoms with Crippen molar-refractivity contribution in [1.82, 2.24) is 5.32 Å². The van der Waals surface area contributed by atoms with E-state index in [4.69, 9.17) is 0 Å². The summed E-state index contributed by atoms with van der Waals surface area (Å²) < 4.78 is 66.1. The van der Waals surface area contributed by atoms with Crippen molar-refractivity contribution in [3.05, 3.63) is 70.5 Å². The standard InChI is InChI=1S/C16H14F5N/c1-9(7-10-5-3-2-4-6-10)22-8-11-12(17)14(19)16(21)15(20)13(11)18/h2-6,9,22H,7-8H2,1H3. The van der Waals surface area contributed by atoms with Crippen molar-refractivity contribution in [2.75, 3.05) is 0 Å². The second-order valence-electron chi connectivity index (χ2n) is 5.02. The quantitative estimate of drug-likeness (QED) is 0.497. The summed E-state index contributed by atoms with van der Waals surface area (Å²) in [5.41, 5.74) is 0.149. The van der Waals surface area contributed by atoms with Crippen molar-refractivity contribution in [2.45, 2.75) is 25.9 Å². The maximum absolute atomic E-state index is 13.5. The van der Waals surface area contributed by atoms with Crippen LogP contribution in [-0.2, 0) is 13.0 Å². The first-order valence-electron chi connectivity index (χ1n) is 6.69. The topological polar surface area (TPSA) is 12.0 Å². The number of benzene rings is 2. The number of nitrogens with one attached hydrogen (secondary N) is 1. The first-order chi connectivity index (χ1) is 10.4. The lowest BCUT2D eigenvalue weighted by Gasteiger charge is -2.15. The van der Waals surface area contributed by atoms with Crippen LogP contribution in [0.2, 0.25) is 0 Å². The van der Waals surface area contributed by atoms with Crippen molar-refractivity contribution >= 4 is 0 Å². The van der Waals surface area contributed by atoms with Gasteiger partial charge in [-0.25, -0.2) is 22.0 Å². The zero-order valence-corrected chi connectivity index (χ0v) is 11.8. The van der Waals surface area contributed by atoms with Gasteiger partial charge in [-0.3, -0.25) is 0 Å². The third kappa shape index (κ3) is 3.44. The Balaban J connectivity index is 2.09. The van der Waals surface area contributed by atoms with E-state index in [9.17, 15) is 22.0 Å². The highest BCUT2D eigenvalue weighted by Gasteiger charge is 2.25. The molecule has 0 radical (unpaired) electrons. The first-order valence-corrected chi connectivity index (χ1v) is 6.69. The molecule has 0 spiro atoms.